The minimum atomic E-state index is -0.217. The van der Waals surface area contributed by atoms with Gasteiger partial charge in [0.1, 0.15) is 5.82 Å². The van der Waals surface area contributed by atoms with E-state index in [0.29, 0.717) is 0 Å². The summed E-state index contributed by atoms with van der Waals surface area (Å²) in [5.41, 5.74) is 3.12. The van der Waals surface area contributed by atoms with Gasteiger partial charge in [-0.2, -0.15) is 25.3 Å². The summed E-state index contributed by atoms with van der Waals surface area (Å²) >= 11 is 8.47. The fourth-order valence-electron chi connectivity index (χ4n) is 1.49. The molecule has 0 saturated carbocycles. The van der Waals surface area contributed by atoms with Crippen molar-refractivity contribution in [2.45, 2.75) is 4.58 Å². The van der Waals surface area contributed by atoms with Gasteiger partial charge in [-0.3, -0.25) is 0 Å². The van der Waals surface area contributed by atoms with Crippen molar-refractivity contribution in [3.63, 3.8) is 0 Å². The third kappa shape index (κ3) is 2.60. The van der Waals surface area contributed by atoms with Crippen LogP contribution in [0.1, 0.15) is 10.1 Å². The van der Waals surface area contributed by atoms with Crippen LogP contribution in [0.5, 0.6) is 0 Å². The third-order valence-corrected chi connectivity index (χ3v) is 2.98. The van der Waals surface area contributed by atoms with Crippen LogP contribution >= 0.6 is 25.3 Å². The molecule has 0 aliphatic rings. The van der Waals surface area contributed by atoms with Gasteiger partial charge in [0.2, 0.25) is 0 Å². The maximum absolute atomic E-state index is 12.8. The second-order valence-corrected chi connectivity index (χ2v) is 4.94. The lowest BCUT2D eigenvalue weighted by atomic mass is 10.0. The first kappa shape index (κ1) is 11.6. The molecule has 0 aliphatic carbocycles. The Morgan fingerprint density at radius 2 is 1.19 bits per heavy atom. The largest absolute Gasteiger partial charge is 0.207 e. The molecule has 0 unspecified atom stereocenters. The van der Waals surface area contributed by atoms with Gasteiger partial charge in [-0.15, -0.1) is 0 Å². The molecule has 16 heavy (non-hydrogen) atoms. The van der Waals surface area contributed by atoms with Crippen LogP contribution in [-0.2, 0) is 0 Å². The number of hydrogen-bond acceptors (Lipinski definition) is 2. The van der Waals surface area contributed by atoms with Crippen molar-refractivity contribution in [1.82, 2.24) is 0 Å². The number of hydrogen-bond donors (Lipinski definition) is 2. The molecule has 0 heterocycles. The first-order valence-corrected chi connectivity index (χ1v) is 5.92. The van der Waals surface area contributed by atoms with E-state index in [0.717, 1.165) is 16.7 Å². The van der Waals surface area contributed by atoms with Crippen molar-refractivity contribution >= 4 is 25.3 Å². The predicted octanol–water partition coefficient (Wildman–Crippen LogP) is 4.35. The Morgan fingerprint density at radius 3 is 1.62 bits per heavy atom. The van der Waals surface area contributed by atoms with Gasteiger partial charge >= 0.3 is 0 Å². The van der Waals surface area contributed by atoms with E-state index >= 15 is 0 Å². The van der Waals surface area contributed by atoms with Gasteiger partial charge in [0.05, 0.1) is 4.58 Å². The molecule has 0 aromatic heterocycles. The lowest BCUT2D eigenvalue weighted by molar-refractivity contribution is 0.628. The van der Waals surface area contributed by atoms with Crippen LogP contribution in [0.15, 0.2) is 48.5 Å². The maximum atomic E-state index is 12.8. The summed E-state index contributed by atoms with van der Waals surface area (Å²) in [4.78, 5) is 0. The molecular weight excluding hydrogens is 239 g/mol. The normalized spacial score (nSPS) is 10.8. The van der Waals surface area contributed by atoms with Gasteiger partial charge in [-0.25, -0.2) is 4.39 Å². The predicted molar refractivity (Wildman–Crippen MR) is 72.5 cm³/mol. The summed E-state index contributed by atoms with van der Waals surface area (Å²) in [5.74, 6) is -0.217. The van der Waals surface area contributed by atoms with Crippen molar-refractivity contribution < 1.29 is 4.39 Å². The van der Waals surface area contributed by atoms with Crippen LogP contribution in [-0.4, -0.2) is 0 Å². The lowest BCUT2D eigenvalue weighted by Crippen LogP contribution is -1.83. The summed E-state index contributed by atoms with van der Waals surface area (Å²) in [6, 6.07) is 14.4. The van der Waals surface area contributed by atoms with Gasteiger partial charge < -0.3 is 0 Å². The van der Waals surface area contributed by atoms with Gasteiger partial charge in [-0.05, 0) is 28.8 Å². The maximum Gasteiger partial charge on any atom is 0.123 e. The van der Waals surface area contributed by atoms with Crippen LogP contribution in [0.25, 0.3) is 11.1 Å². The molecule has 0 nitrogen and oxygen atoms in total. The molecular formula is C13H11FS2. The van der Waals surface area contributed by atoms with Gasteiger partial charge in [0, 0.05) is 0 Å². The highest BCUT2D eigenvalue weighted by molar-refractivity contribution is 7.98. The van der Waals surface area contributed by atoms with Crippen LogP contribution in [0.4, 0.5) is 4.39 Å². The Hall–Kier alpha value is -0.930. The number of thiol groups is 2. The Bertz CT molecular complexity index is 460. The first-order chi connectivity index (χ1) is 7.66. The highest BCUT2D eigenvalue weighted by Crippen LogP contribution is 2.26. The van der Waals surface area contributed by atoms with Crippen molar-refractivity contribution in [3.8, 4) is 11.1 Å². The molecule has 0 radical (unpaired) electrons. The SMILES string of the molecule is Fc1ccc(-c2ccc(C(S)S)cc2)cc1. The fraction of sp³-hybridized carbons (Fsp3) is 0.0769. The van der Waals surface area contributed by atoms with Crippen LogP contribution < -0.4 is 0 Å². The average Bonchev–Trinajstić information content (AvgIpc) is 2.30. The third-order valence-electron chi connectivity index (χ3n) is 2.39. The molecule has 82 valence electrons. The summed E-state index contributed by atoms with van der Waals surface area (Å²) in [7, 11) is 0. The minimum absolute atomic E-state index is 0.0673. The molecule has 0 atom stereocenters. The summed E-state index contributed by atoms with van der Waals surface area (Å²) in [6.07, 6.45) is 0. The second-order valence-electron chi connectivity index (χ2n) is 3.50. The van der Waals surface area contributed by atoms with Gasteiger partial charge in [0.25, 0.3) is 0 Å². The quantitative estimate of drug-likeness (QED) is 0.574. The Morgan fingerprint density at radius 1 is 0.750 bits per heavy atom. The van der Waals surface area contributed by atoms with Crippen LogP contribution in [0, 0.1) is 5.82 Å². The van der Waals surface area contributed by atoms with E-state index in [9.17, 15) is 4.39 Å². The summed E-state index contributed by atoms with van der Waals surface area (Å²) < 4.78 is 12.7. The van der Waals surface area contributed by atoms with Crippen molar-refractivity contribution in [2.75, 3.05) is 0 Å². The molecule has 0 amide bonds. The number of rotatable bonds is 2. The Kier molecular flexibility index (Phi) is 3.56. The molecule has 0 N–H and O–H groups in total. The van der Waals surface area contributed by atoms with E-state index < -0.39 is 0 Å². The Balaban J connectivity index is 2.31. The molecule has 0 fully saturated rings. The molecule has 0 spiro atoms. The molecule has 2 aromatic rings. The number of halogens is 1. The molecule has 0 aliphatic heterocycles. The lowest BCUT2D eigenvalue weighted by Gasteiger charge is -2.06. The van der Waals surface area contributed by atoms with Crippen molar-refractivity contribution in [1.29, 1.82) is 0 Å². The monoisotopic (exact) mass is 250 g/mol. The van der Waals surface area contributed by atoms with E-state index in [2.05, 4.69) is 25.3 Å². The smallest absolute Gasteiger partial charge is 0.123 e. The van der Waals surface area contributed by atoms with E-state index in [1.165, 1.54) is 12.1 Å². The van der Waals surface area contributed by atoms with Crippen LogP contribution in [0.2, 0.25) is 0 Å². The van der Waals surface area contributed by atoms with Crippen molar-refractivity contribution in [3.05, 3.63) is 59.9 Å². The average molecular weight is 250 g/mol. The summed E-state index contributed by atoms with van der Waals surface area (Å²) in [5, 5.41) is 0. The number of benzene rings is 2. The minimum Gasteiger partial charge on any atom is -0.207 e. The molecule has 0 bridgehead atoms. The van der Waals surface area contributed by atoms with E-state index in [1.807, 2.05) is 24.3 Å². The van der Waals surface area contributed by atoms with Crippen molar-refractivity contribution in [2.24, 2.45) is 0 Å². The molecule has 3 heteroatoms. The Labute approximate surface area is 105 Å². The molecule has 0 saturated heterocycles. The topological polar surface area (TPSA) is 0 Å². The summed E-state index contributed by atoms with van der Waals surface area (Å²) in [6.45, 7) is 0. The van der Waals surface area contributed by atoms with Gasteiger partial charge in [-0.1, -0.05) is 36.4 Å². The first-order valence-electron chi connectivity index (χ1n) is 4.89. The van der Waals surface area contributed by atoms with E-state index in [1.54, 1.807) is 12.1 Å². The molecule has 2 rings (SSSR count). The van der Waals surface area contributed by atoms with Gasteiger partial charge in [0.15, 0.2) is 0 Å². The zero-order valence-electron chi connectivity index (χ0n) is 8.47. The highest BCUT2D eigenvalue weighted by Gasteiger charge is 2.01. The fourth-order valence-corrected chi connectivity index (χ4v) is 1.83. The van der Waals surface area contributed by atoms with E-state index in [4.69, 9.17) is 0 Å². The molecule has 2 aromatic carbocycles. The highest BCUT2D eigenvalue weighted by atomic mass is 32.2. The standard InChI is InChI=1S/C13H11FS2/c14-12-7-5-10(6-8-12)9-1-3-11(4-2-9)13(15)16/h1-8,13,15-16H. The second kappa shape index (κ2) is 4.93. The van der Waals surface area contributed by atoms with E-state index in [-0.39, 0.29) is 10.4 Å². The van der Waals surface area contributed by atoms with Crippen LogP contribution in [0.3, 0.4) is 0 Å². The zero-order chi connectivity index (χ0) is 11.5. The zero-order valence-corrected chi connectivity index (χ0v) is 10.3.